The Hall–Kier alpha value is -1.62. The van der Waals surface area contributed by atoms with Gasteiger partial charge in [0, 0.05) is 12.2 Å². The zero-order chi connectivity index (χ0) is 14.5. The highest BCUT2D eigenvalue weighted by molar-refractivity contribution is 7.80. The minimum atomic E-state index is -0.296. The van der Waals surface area contributed by atoms with Gasteiger partial charge < -0.3 is 16.0 Å². The van der Waals surface area contributed by atoms with E-state index in [2.05, 4.69) is 24.4 Å². The average Bonchev–Trinajstić information content (AvgIpc) is 2.48. The SMILES string of the molecule is CCc1ccc(NC(=S)N2CCCC[C@@H]2C(N)=O)cc1. The number of anilines is 1. The van der Waals surface area contributed by atoms with Crippen molar-refractivity contribution in [3.05, 3.63) is 29.8 Å². The van der Waals surface area contributed by atoms with E-state index in [0.29, 0.717) is 5.11 Å². The van der Waals surface area contributed by atoms with Gasteiger partial charge in [-0.2, -0.15) is 0 Å². The maximum Gasteiger partial charge on any atom is 0.240 e. The highest BCUT2D eigenvalue weighted by atomic mass is 32.1. The van der Waals surface area contributed by atoms with Gasteiger partial charge in [-0.15, -0.1) is 0 Å². The second-order valence-corrected chi connectivity index (χ2v) is 5.47. The number of piperidine rings is 1. The second kappa shape index (κ2) is 6.70. The molecule has 1 aromatic rings. The molecule has 1 aliphatic rings. The van der Waals surface area contributed by atoms with Crippen molar-refractivity contribution in [3.63, 3.8) is 0 Å². The number of hydrogen-bond donors (Lipinski definition) is 2. The van der Waals surface area contributed by atoms with Crippen LogP contribution in [0.2, 0.25) is 0 Å². The molecule has 3 N–H and O–H groups in total. The summed E-state index contributed by atoms with van der Waals surface area (Å²) in [5.41, 5.74) is 7.69. The normalized spacial score (nSPS) is 18.6. The minimum absolute atomic E-state index is 0.279. The van der Waals surface area contributed by atoms with Crippen LogP contribution in [-0.2, 0) is 11.2 Å². The Morgan fingerprint density at radius 2 is 2.10 bits per heavy atom. The Labute approximate surface area is 125 Å². The van der Waals surface area contributed by atoms with Crippen LogP contribution in [-0.4, -0.2) is 28.5 Å². The van der Waals surface area contributed by atoms with Crippen molar-refractivity contribution in [2.45, 2.75) is 38.6 Å². The molecule has 108 valence electrons. The fourth-order valence-electron chi connectivity index (χ4n) is 2.49. The Morgan fingerprint density at radius 1 is 1.40 bits per heavy atom. The van der Waals surface area contributed by atoms with Crippen molar-refractivity contribution in [1.82, 2.24) is 4.90 Å². The third-order valence-corrected chi connectivity index (χ3v) is 4.04. The molecule has 2 rings (SSSR count). The molecular formula is C15H21N3OS. The summed E-state index contributed by atoms with van der Waals surface area (Å²) in [5.74, 6) is -0.296. The molecule has 1 atom stereocenters. The van der Waals surface area contributed by atoms with Crippen LogP contribution in [0.1, 0.15) is 31.7 Å². The summed E-state index contributed by atoms with van der Waals surface area (Å²) in [6.07, 6.45) is 3.87. The monoisotopic (exact) mass is 291 g/mol. The molecule has 1 saturated heterocycles. The first-order valence-electron chi connectivity index (χ1n) is 7.07. The van der Waals surface area contributed by atoms with Gasteiger partial charge in [0.15, 0.2) is 5.11 Å². The lowest BCUT2D eigenvalue weighted by atomic mass is 10.0. The molecule has 4 nitrogen and oxygen atoms in total. The molecule has 5 heteroatoms. The van der Waals surface area contributed by atoms with Crippen LogP contribution in [0.4, 0.5) is 5.69 Å². The van der Waals surface area contributed by atoms with E-state index in [1.807, 2.05) is 17.0 Å². The summed E-state index contributed by atoms with van der Waals surface area (Å²) in [4.78, 5) is 13.4. The van der Waals surface area contributed by atoms with Crippen LogP contribution in [0.15, 0.2) is 24.3 Å². The number of amides is 1. The van der Waals surface area contributed by atoms with E-state index in [0.717, 1.165) is 37.9 Å². The van der Waals surface area contributed by atoms with Crippen molar-refractivity contribution in [1.29, 1.82) is 0 Å². The molecule has 1 heterocycles. The number of thiocarbonyl (C=S) groups is 1. The van der Waals surface area contributed by atoms with Crippen LogP contribution in [0.5, 0.6) is 0 Å². The number of aryl methyl sites for hydroxylation is 1. The van der Waals surface area contributed by atoms with E-state index in [1.54, 1.807) is 0 Å². The first-order valence-corrected chi connectivity index (χ1v) is 7.48. The molecule has 0 unspecified atom stereocenters. The fraction of sp³-hybridized carbons (Fsp3) is 0.467. The number of nitrogens with two attached hydrogens (primary N) is 1. The number of carbonyl (C=O) groups is 1. The predicted octanol–water partition coefficient (Wildman–Crippen LogP) is 2.29. The van der Waals surface area contributed by atoms with Gasteiger partial charge in [0.2, 0.25) is 5.91 Å². The predicted molar refractivity (Wildman–Crippen MR) is 85.6 cm³/mol. The van der Waals surface area contributed by atoms with Crippen LogP contribution < -0.4 is 11.1 Å². The van der Waals surface area contributed by atoms with Crippen molar-refractivity contribution in [3.8, 4) is 0 Å². The highest BCUT2D eigenvalue weighted by Gasteiger charge is 2.28. The molecule has 0 aromatic heterocycles. The van der Waals surface area contributed by atoms with Crippen molar-refractivity contribution in [2.24, 2.45) is 5.73 Å². The summed E-state index contributed by atoms with van der Waals surface area (Å²) >= 11 is 5.42. The lowest BCUT2D eigenvalue weighted by Gasteiger charge is -2.35. The van der Waals surface area contributed by atoms with E-state index in [4.69, 9.17) is 18.0 Å². The first-order chi connectivity index (χ1) is 9.61. The number of rotatable bonds is 3. The maximum atomic E-state index is 11.5. The quantitative estimate of drug-likeness (QED) is 0.839. The fourth-order valence-corrected chi connectivity index (χ4v) is 2.83. The Kier molecular flexibility index (Phi) is 4.95. The van der Waals surface area contributed by atoms with E-state index in [9.17, 15) is 4.79 Å². The molecule has 0 bridgehead atoms. The summed E-state index contributed by atoms with van der Waals surface area (Å²) < 4.78 is 0. The standard InChI is InChI=1S/C15H21N3OS/c1-2-11-6-8-12(9-7-11)17-15(20)18-10-4-3-5-13(18)14(16)19/h6-9,13H,2-5,10H2,1H3,(H2,16,19)(H,17,20)/t13-/m1/s1. The number of hydrogen-bond acceptors (Lipinski definition) is 2. The van der Waals surface area contributed by atoms with Crippen LogP contribution in [0.3, 0.4) is 0 Å². The third-order valence-electron chi connectivity index (χ3n) is 3.71. The Morgan fingerprint density at radius 3 is 2.70 bits per heavy atom. The van der Waals surface area contributed by atoms with E-state index >= 15 is 0 Å². The number of nitrogens with one attached hydrogen (secondary N) is 1. The van der Waals surface area contributed by atoms with Gasteiger partial charge in [0.25, 0.3) is 0 Å². The van der Waals surface area contributed by atoms with E-state index < -0.39 is 0 Å². The summed E-state index contributed by atoms with van der Waals surface area (Å²) in [7, 11) is 0. The van der Waals surface area contributed by atoms with Crippen LogP contribution >= 0.6 is 12.2 Å². The zero-order valence-electron chi connectivity index (χ0n) is 11.8. The topological polar surface area (TPSA) is 58.4 Å². The van der Waals surface area contributed by atoms with Crippen LogP contribution in [0, 0.1) is 0 Å². The molecule has 1 aromatic carbocycles. The largest absolute Gasteiger partial charge is 0.368 e. The summed E-state index contributed by atoms with van der Waals surface area (Å²) in [6.45, 7) is 2.91. The number of nitrogens with zero attached hydrogens (tertiary/aromatic N) is 1. The second-order valence-electron chi connectivity index (χ2n) is 5.09. The molecular weight excluding hydrogens is 270 g/mol. The summed E-state index contributed by atoms with van der Waals surface area (Å²) in [6, 6.07) is 7.89. The van der Waals surface area contributed by atoms with E-state index in [1.165, 1.54) is 5.56 Å². The Bertz CT molecular complexity index is 486. The number of primary amides is 1. The summed E-state index contributed by atoms with van der Waals surface area (Å²) in [5, 5.41) is 3.78. The number of likely N-dealkylation sites (tertiary alicyclic amines) is 1. The van der Waals surface area contributed by atoms with Gasteiger partial charge in [-0.25, -0.2) is 0 Å². The smallest absolute Gasteiger partial charge is 0.240 e. The van der Waals surface area contributed by atoms with Crippen molar-refractivity contribution in [2.75, 3.05) is 11.9 Å². The molecule has 0 radical (unpaired) electrons. The molecule has 1 amide bonds. The lowest BCUT2D eigenvalue weighted by molar-refractivity contribution is -0.122. The molecule has 0 spiro atoms. The molecule has 1 fully saturated rings. The third kappa shape index (κ3) is 3.48. The number of carbonyl (C=O) groups excluding carboxylic acids is 1. The highest BCUT2D eigenvalue weighted by Crippen LogP contribution is 2.19. The first kappa shape index (κ1) is 14.8. The van der Waals surface area contributed by atoms with Gasteiger partial charge in [-0.1, -0.05) is 19.1 Å². The molecule has 0 aliphatic carbocycles. The maximum absolute atomic E-state index is 11.5. The average molecular weight is 291 g/mol. The zero-order valence-corrected chi connectivity index (χ0v) is 12.6. The van der Waals surface area contributed by atoms with Gasteiger partial charge in [-0.3, -0.25) is 4.79 Å². The van der Waals surface area contributed by atoms with Gasteiger partial charge in [0.1, 0.15) is 6.04 Å². The van der Waals surface area contributed by atoms with Crippen LogP contribution in [0.25, 0.3) is 0 Å². The minimum Gasteiger partial charge on any atom is -0.368 e. The Balaban J connectivity index is 2.03. The number of benzene rings is 1. The van der Waals surface area contributed by atoms with Gasteiger partial charge in [-0.05, 0) is 55.6 Å². The van der Waals surface area contributed by atoms with E-state index in [-0.39, 0.29) is 11.9 Å². The lowest BCUT2D eigenvalue weighted by Crippen LogP contribution is -2.51. The molecule has 0 saturated carbocycles. The molecule has 20 heavy (non-hydrogen) atoms. The van der Waals surface area contributed by atoms with Crippen molar-refractivity contribution >= 4 is 28.9 Å². The molecule has 1 aliphatic heterocycles. The van der Waals surface area contributed by atoms with Gasteiger partial charge >= 0.3 is 0 Å². The van der Waals surface area contributed by atoms with Crippen molar-refractivity contribution < 1.29 is 4.79 Å². The van der Waals surface area contributed by atoms with Gasteiger partial charge in [0.05, 0.1) is 0 Å².